The molecular formula is C37H42N10O9. The number of oxazole rings is 2. The number of benzene rings is 2. The molecule has 0 fully saturated rings. The molecule has 0 bridgehead atoms. The molecule has 4 heterocycles. The number of amides is 4. The van der Waals surface area contributed by atoms with E-state index in [0.717, 1.165) is 6.42 Å². The summed E-state index contributed by atoms with van der Waals surface area (Å²) in [5.74, 6) is 0.658. The minimum absolute atomic E-state index is 0.0328. The van der Waals surface area contributed by atoms with Gasteiger partial charge in [0.05, 0.1) is 24.8 Å². The number of imidazole rings is 2. The summed E-state index contributed by atoms with van der Waals surface area (Å²) in [6.45, 7) is 9.26. The molecule has 19 nitrogen and oxygen atoms in total. The lowest BCUT2D eigenvalue weighted by Gasteiger charge is -2.12. The van der Waals surface area contributed by atoms with Crippen LogP contribution in [-0.2, 0) is 6.54 Å². The number of H-pyrrole nitrogens is 1. The Hall–Kier alpha value is -7.02. The zero-order valence-corrected chi connectivity index (χ0v) is 31.6. The van der Waals surface area contributed by atoms with E-state index in [0.29, 0.717) is 69.8 Å². The second kappa shape index (κ2) is 17.4. The molecule has 0 radical (unpaired) electrons. The predicted octanol–water partition coefficient (Wildman–Crippen LogP) is 4.25. The number of primary amides is 2. The Kier molecular flexibility index (Phi) is 12.5. The number of aliphatic hydroxyl groups is 1. The van der Waals surface area contributed by atoms with Gasteiger partial charge in [-0.15, -0.1) is 0 Å². The van der Waals surface area contributed by atoms with E-state index in [9.17, 15) is 19.2 Å². The van der Waals surface area contributed by atoms with Gasteiger partial charge in [0.1, 0.15) is 34.1 Å². The van der Waals surface area contributed by atoms with Crippen LogP contribution in [0.5, 0.6) is 11.5 Å². The first kappa shape index (κ1) is 40.2. The lowest BCUT2D eigenvalue weighted by atomic mass is 10.1. The molecule has 2 aromatic carbocycles. The van der Waals surface area contributed by atoms with Crippen molar-refractivity contribution in [2.75, 3.05) is 31.0 Å². The number of allylic oxidation sites excluding steroid dienone is 2. The molecule has 0 aliphatic heterocycles. The maximum absolute atomic E-state index is 12.8. The molecule has 294 valence electrons. The second-order valence-electron chi connectivity index (χ2n) is 12.3. The SMILES string of the molecule is CC/C=C/Cn1c(NC(=O)c2nc(C)oc2C)nc2cc(C(N)=O)cc(OCCCO)c21.COc1cc(C(N)=O)cc2[nH]c(NC(=O)c3nc(C)oc3C)nc12. The molecule has 6 rings (SSSR count). The van der Waals surface area contributed by atoms with Gasteiger partial charge in [-0.1, -0.05) is 19.1 Å². The van der Waals surface area contributed by atoms with Crippen LogP contribution >= 0.6 is 0 Å². The Morgan fingerprint density at radius 1 is 0.857 bits per heavy atom. The van der Waals surface area contributed by atoms with E-state index in [1.807, 2.05) is 19.1 Å². The third-order valence-corrected chi connectivity index (χ3v) is 8.09. The highest BCUT2D eigenvalue weighted by Gasteiger charge is 2.23. The number of nitrogens with one attached hydrogen (secondary N) is 3. The fourth-order valence-electron chi connectivity index (χ4n) is 5.60. The van der Waals surface area contributed by atoms with Gasteiger partial charge in [0.2, 0.25) is 23.7 Å². The van der Waals surface area contributed by atoms with Crippen molar-refractivity contribution >= 4 is 57.6 Å². The molecule has 4 aromatic heterocycles. The standard InChI is InChI=1S/C22H27N5O5.C15H15N5O4/c1-4-5-6-8-27-19-16(11-15(20(23)29)12-17(19)31-10-7-9-28)25-22(27)26-21(30)18-13(2)32-14(3)24-18;1-6-11(17-7(2)24-6)14(22)20-15-18-9-4-8(13(16)21)5-10(23-3)12(9)19-15/h5-6,11-12,28H,4,7-10H2,1-3H3,(H2,23,29)(H,25,26,30);4-5H,1-3H3,(H2,16,21)(H2,18,19,20,22)/b6-5+;. The molecule has 0 saturated heterocycles. The summed E-state index contributed by atoms with van der Waals surface area (Å²) < 4.78 is 23.4. The average Bonchev–Trinajstić information content (AvgIpc) is 3.91. The van der Waals surface area contributed by atoms with Crippen LogP contribution < -0.4 is 31.6 Å². The predicted molar refractivity (Wildman–Crippen MR) is 204 cm³/mol. The van der Waals surface area contributed by atoms with Crippen LogP contribution in [0, 0.1) is 27.7 Å². The van der Waals surface area contributed by atoms with E-state index in [1.54, 1.807) is 44.4 Å². The molecule has 6 aromatic rings. The minimum Gasteiger partial charge on any atom is -0.494 e. The zero-order chi connectivity index (χ0) is 40.7. The molecule has 4 amide bonds. The first-order chi connectivity index (χ1) is 26.7. The summed E-state index contributed by atoms with van der Waals surface area (Å²) in [5.41, 5.74) is 13.6. The van der Waals surface area contributed by atoms with E-state index >= 15 is 0 Å². The smallest absolute Gasteiger partial charge is 0.280 e. The van der Waals surface area contributed by atoms with Gasteiger partial charge in [0.25, 0.3) is 11.8 Å². The normalized spacial score (nSPS) is 11.1. The van der Waals surface area contributed by atoms with E-state index in [2.05, 4.69) is 35.6 Å². The van der Waals surface area contributed by atoms with Crippen molar-refractivity contribution in [3.63, 3.8) is 0 Å². The van der Waals surface area contributed by atoms with Gasteiger partial charge in [0.15, 0.2) is 23.2 Å². The number of hydrogen-bond acceptors (Lipinski definition) is 13. The highest BCUT2D eigenvalue weighted by atomic mass is 16.5. The first-order valence-electron chi connectivity index (χ1n) is 17.4. The molecular weight excluding hydrogens is 728 g/mol. The van der Waals surface area contributed by atoms with Gasteiger partial charge in [-0.25, -0.2) is 19.9 Å². The molecule has 56 heavy (non-hydrogen) atoms. The number of aromatic amines is 1. The monoisotopic (exact) mass is 770 g/mol. The van der Waals surface area contributed by atoms with Gasteiger partial charge >= 0.3 is 0 Å². The number of rotatable bonds is 14. The van der Waals surface area contributed by atoms with Gasteiger partial charge in [0, 0.05) is 44.5 Å². The van der Waals surface area contributed by atoms with Gasteiger partial charge in [-0.2, -0.15) is 0 Å². The number of fused-ring (bicyclic) bond motifs is 2. The number of hydrogen-bond donors (Lipinski definition) is 6. The van der Waals surface area contributed by atoms with Gasteiger partial charge in [-0.05, 0) is 44.5 Å². The fourth-order valence-corrected chi connectivity index (χ4v) is 5.60. The molecule has 0 aliphatic rings. The van der Waals surface area contributed by atoms with E-state index in [1.165, 1.54) is 19.2 Å². The number of carbonyl (C=O) groups excluding carboxylic acids is 4. The number of nitrogens with two attached hydrogens (primary N) is 2. The second-order valence-corrected chi connectivity index (χ2v) is 12.3. The Labute approximate surface area is 319 Å². The number of methoxy groups -OCH3 is 1. The lowest BCUT2D eigenvalue weighted by molar-refractivity contribution is 0.0991. The van der Waals surface area contributed by atoms with Crippen LogP contribution in [0.4, 0.5) is 11.9 Å². The maximum Gasteiger partial charge on any atom is 0.280 e. The Morgan fingerprint density at radius 2 is 1.46 bits per heavy atom. The fraction of sp³-hybridized carbons (Fsp3) is 0.297. The molecule has 0 atom stereocenters. The summed E-state index contributed by atoms with van der Waals surface area (Å²) in [5, 5.41) is 14.5. The van der Waals surface area contributed by atoms with E-state index in [4.69, 9.17) is 34.9 Å². The quantitative estimate of drug-likeness (QED) is 0.0668. The van der Waals surface area contributed by atoms with Crippen molar-refractivity contribution in [3.05, 3.63) is 82.2 Å². The maximum atomic E-state index is 12.8. The highest BCUT2D eigenvalue weighted by Crippen LogP contribution is 2.32. The van der Waals surface area contributed by atoms with Crippen LogP contribution in [0.25, 0.3) is 22.1 Å². The lowest BCUT2D eigenvalue weighted by Crippen LogP contribution is -2.17. The summed E-state index contributed by atoms with van der Waals surface area (Å²) in [7, 11) is 1.45. The van der Waals surface area contributed by atoms with Gasteiger partial charge in [-0.3, -0.25) is 29.8 Å². The number of aliphatic hydroxyl groups excluding tert-OH is 1. The van der Waals surface area contributed by atoms with Crippen LogP contribution in [0.15, 0.2) is 45.3 Å². The summed E-state index contributed by atoms with van der Waals surface area (Å²) in [4.78, 5) is 68.1. The van der Waals surface area contributed by atoms with Crippen molar-refractivity contribution in [2.24, 2.45) is 11.5 Å². The zero-order valence-electron chi connectivity index (χ0n) is 31.6. The van der Waals surface area contributed by atoms with Crippen molar-refractivity contribution < 1.29 is 42.6 Å². The Bertz CT molecular complexity index is 2450. The minimum atomic E-state index is -0.626. The van der Waals surface area contributed by atoms with Crippen LogP contribution in [0.2, 0.25) is 0 Å². The third kappa shape index (κ3) is 9.01. The van der Waals surface area contributed by atoms with Crippen LogP contribution in [-0.4, -0.2) is 78.5 Å². The summed E-state index contributed by atoms with van der Waals surface area (Å²) in [6, 6.07) is 6.12. The van der Waals surface area contributed by atoms with Crippen LogP contribution in [0.1, 0.15) is 84.8 Å². The topological polar surface area (TPSA) is 282 Å². The number of nitrogens with zero attached hydrogens (tertiary/aromatic N) is 5. The number of aryl methyl sites for hydroxylation is 4. The Balaban J connectivity index is 0.000000223. The number of aromatic nitrogens is 6. The molecule has 0 spiro atoms. The highest BCUT2D eigenvalue weighted by molar-refractivity contribution is 6.05. The van der Waals surface area contributed by atoms with Crippen molar-refractivity contribution in [1.29, 1.82) is 0 Å². The van der Waals surface area contributed by atoms with Crippen molar-refractivity contribution in [1.82, 2.24) is 29.5 Å². The first-order valence-corrected chi connectivity index (χ1v) is 17.4. The van der Waals surface area contributed by atoms with Crippen molar-refractivity contribution in [2.45, 2.75) is 54.0 Å². The summed E-state index contributed by atoms with van der Waals surface area (Å²) in [6.07, 6.45) is 5.20. The van der Waals surface area contributed by atoms with E-state index < -0.39 is 23.6 Å². The van der Waals surface area contributed by atoms with Gasteiger partial charge < -0.3 is 44.4 Å². The molecule has 19 heteroatoms. The van der Waals surface area contributed by atoms with Crippen molar-refractivity contribution in [3.8, 4) is 11.5 Å². The molecule has 0 unspecified atom stereocenters. The molecule has 0 saturated carbocycles. The number of carbonyl (C=O) groups is 4. The molecule has 8 N–H and O–H groups in total. The number of ether oxygens (including phenoxy) is 2. The largest absolute Gasteiger partial charge is 0.494 e. The third-order valence-electron chi connectivity index (χ3n) is 8.09. The van der Waals surface area contributed by atoms with Crippen LogP contribution in [0.3, 0.4) is 0 Å². The Morgan fingerprint density at radius 3 is 2.02 bits per heavy atom. The number of anilines is 2. The molecule has 0 aliphatic carbocycles. The average molecular weight is 771 g/mol. The summed E-state index contributed by atoms with van der Waals surface area (Å²) >= 11 is 0. The van der Waals surface area contributed by atoms with E-state index in [-0.39, 0.29) is 47.6 Å².